The largest absolute Gasteiger partial charge is 0.480 e. The van der Waals surface area contributed by atoms with Gasteiger partial charge in [0.1, 0.15) is 6.04 Å². The van der Waals surface area contributed by atoms with E-state index in [1.807, 2.05) is 18.2 Å². The van der Waals surface area contributed by atoms with Crippen LogP contribution in [0.25, 0.3) is 0 Å². The van der Waals surface area contributed by atoms with Crippen molar-refractivity contribution in [3.05, 3.63) is 23.8 Å². The maximum absolute atomic E-state index is 10.9. The van der Waals surface area contributed by atoms with E-state index in [1.54, 1.807) is 19.0 Å². The van der Waals surface area contributed by atoms with Crippen molar-refractivity contribution in [3.63, 3.8) is 0 Å². The van der Waals surface area contributed by atoms with Crippen molar-refractivity contribution in [1.82, 2.24) is 4.90 Å². The van der Waals surface area contributed by atoms with Gasteiger partial charge in [-0.2, -0.15) is 0 Å². The second-order valence-electron chi connectivity index (χ2n) is 3.39. The normalized spacial score (nSPS) is 18.5. The first-order valence-electron chi connectivity index (χ1n) is 4.38. The van der Waals surface area contributed by atoms with Crippen molar-refractivity contribution < 1.29 is 9.90 Å². The second-order valence-corrected chi connectivity index (χ2v) is 3.39. The zero-order chi connectivity index (χ0) is 9.84. The number of hydrogen-bond donors (Lipinski definition) is 1. The molecule has 0 amide bonds. The van der Waals surface area contributed by atoms with Crippen LogP contribution < -0.4 is 0 Å². The average molecular weight is 181 g/mol. The Morgan fingerprint density at radius 1 is 1.54 bits per heavy atom. The number of nitrogens with zero attached hydrogens (tertiary/aromatic N) is 1. The molecule has 1 unspecified atom stereocenters. The molecule has 1 aliphatic rings. The molecule has 3 heteroatoms. The number of hydrogen-bond acceptors (Lipinski definition) is 2. The smallest absolute Gasteiger partial charge is 0.325 e. The van der Waals surface area contributed by atoms with Gasteiger partial charge in [0.15, 0.2) is 0 Å². The number of likely N-dealkylation sites (N-methyl/N-ethyl adjacent to an activating group) is 1. The molecule has 0 fully saturated rings. The minimum absolute atomic E-state index is 0.503. The summed E-state index contributed by atoms with van der Waals surface area (Å²) in [6.07, 6.45) is 7.89. The fourth-order valence-corrected chi connectivity index (χ4v) is 1.50. The summed E-state index contributed by atoms with van der Waals surface area (Å²) in [4.78, 5) is 12.6. The van der Waals surface area contributed by atoms with E-state index >= 15 is 0 Å². The molecule has 0 bridgehead atoms. The van der Waals surface area contributed by atoms with Gasteiger partial charge in [-0.1, -0.05) is 18.2 Å². The lowest BCUT2D eigenvalue weighted by molar-refractivity contribution is -0.140. The fraction of sp³-hybridized carbons (Fsp3) is 0.500. The van der Waals surface area contributed by atoms with Crippen molar-refractivity contribution in [2.45, 2.75) is 18.9 Å². The summed E-state index contributed by atoms with van der Waals surface area (Å²) in [5, 5.41) is 8.98. The predicted molar refractivity (Wildman–Crippen MR) is 51.6 cm³/mol. The summed E-state index contributed by atoms with van der Waals surface area (Å²) in [5.41, 5.74) is 0.892. The Kier molecular flexibility index (Phi) is 3.25. The monoisotopic (exact) mass is 181 g/mol. The van der Waals surface area contributed by atoms with Crippen LogP contribution in [-0.2, 0) is 4.79 Å². The van der Waals surface area contributed by atoms with Crippen molar-refractivity contribution in [3.8, 4) is 0 Å². The Hall–Kier alpha value is -1.09. The second kappa shape index (κ2) is 4.23. The van der Waals surface area contributed by atoms with E-state index in [1.165, 1.54) is 0 Å². The molecule has 1 N–H and O–H groups in total. The molecule has 13 heavy (non-hydrogen) atoms. The molecule has 1 rings (SSSR count). The van der Waals surface area contributed by atoms with Gasteiger partial charge in [-0.25, -0.2) is 0 Å². The number of rotatable bonds is 3. The van der Waals surface area contributed by atoms with Crippen molar-refractivity contribution in [1.29, 1.82) is 0 Å². The molecule has 0 spiro atoms. The third-order valence-electron chi connectivity index (χ3n) is 2.09. The molecule has 0 aromatic heterocycles. The number of allylic oxidation sites excluding steroid dienone is 2. The van der Waals surface area contributed by atoms with Crippen molar-refractivity contribution in [2.75, 3.05) is 14.1 Å². The highest BCUT2D eigenvalue weighted by Crippen LogP contribution is 2.16. The van der Waals surface area contributed by atoms with Crippen LogP contribution in [0.5, 0.6) is 0 Å². The molecule has 0 heterocycles. The number of carboxylic acids is 1. The van der Waals surface area contributed by atoms with Gasteiger partial charge in [0.25, 0.3) is 0 Å². The summed E-state index contributed by atoms with van der Waals surface area (Å²) in [5.74, 6) is -0.789. The third-order valence-corrected chi connectivity index (χ3v) is 2.09. The average Bonchev–Trinajstić information content (AvgIpc) is 2.04. The van der Waals surface area contributed by atoms with Crippen LogP contribution in [0.3, 0.4) is 0 Å². The highest BCUT2D eigenvalue weighted by molar-refractivity contribution is 5.78. The van der Waals surface area contributed by atoms with E-state index in [2.05, 4.69) is 0 Å². The highest BCUT2D eigenvalue weighted by Gasteiger charge is 2.23. The van der Waals surface area contributed by atoms with E-state index < -0.39 is 12.0 Å². The summed E-state index contributed by atoms with van der Waals surface area (Å²) >= 11 is 0. The van der Waals surface area contributed by atoms with E-state index in [0.717, 1.165) is 18.4 Å². The maximum Gasteiger partial charge on any atom is 0.325 e. The Morgan fingerprint density at radius 2 is 2.23 bits per heavy atom. The number of carboxylic acid groups (broad SMARTS) is 1. The minimum atomic E-state index is -0.789. The quantitative estimate of drug-likeness (QED) is 0.713. The molecule has 0 radical (unpaired) electrons. The van der Waals surface area contributed by atoms with E-state index in [0.29, 0.717) is 0 Å². The van der Waals surface area contributed by atoms with Crippen LogP contribution in [0, 0.1) is 0 Å². The van der Waals surface area contributed by atoms with Gasteiger partial charge in [-0.3, -0.25) is 9.69 Å². The Morgan fingerprint density at radius 3 is 2.62 bits per heavy atom. The first kappa shape index (κ1) is 9.99. The standard InChI is InChI=1S/C10H15NO2/c1-11(2)9(10(12)13)8-6-4-3-5-7-8/h4,6-7,9H,3,5H2,1-2H3,(H,12,13). The van der Waals surface area contributed by atoms with Gasteiger partial charge in [0, 0.05) is 0 Å². The fourth-order valence-electron chi connectivity index (χ4n) is 1.50. The SMILES string of the molecule is CN(C)C(C(=O)O)C1=CCCC=C1. The van der Waals surface area contributed by atoms with Crippen LogP contribution in [-0.4, -0.2) is 36.1 Å². The van der Waals surface area contributed by atoms with Crippen LogP contribution in [0.2, 0.25) is 0 Å². The van der Waals surface area contributed by atoms with Crippen LogP contribution in [0.1, 0.15) is 12.8 Å². The molecule has 0 aromatic carbocycles. The van der Waals surface area contributed by atoms with Crippen LogP contribution in [0.15, 0.2) is 23.8 Å². The first-order chi connectivity index (χ1) is 6.13. The zero-order valence-corrected chi connectivity index (χ0v) is 8.03. The Labute approximate surface area is 78.4 Å². The van der Waals surface area contributed by atoms with Gasteiger partial charge < -0.3 is 5.11 Å². The molecular formula is C10H15NO2. The Balaban J connectivity index is 2.81. The van der Waals surface area contributed by atoms with Gasteiger partial charge in [-0.15, -0.1) is 0 Å². The van der Waals surface area contributed by atoms with Crippen molar-refractivity contribution in [2.24, 2.45) is 0 Å². The topological polar surface area (TPSA) is 40.5 Å². The van der Waals surface area contributed by atoms with Gasteiger partial charge >= 0.3 is 5.97 Å². The molecule has 3 nitrogen and oxygen atoms in total. The van der Waals surface area contributed by atoms with E-state index in [-0.39, 0.29) is 0 Å². The number of aliphatic carboxylic acids is 1. The predicted octanol–water partition coefficient (Wildman–Crippen LogP) is 1.28. The van der Waals surface area contributed by atoms with E-state index in [4.69, 9.17) is 5.11 Å². The summed E-state index contributed by atoms with van der Waals surface area (Å²) in [6.45, 7) is 0. The first-order valence-corrected chi connectivity index (χ1v) is 4.38. The molecule has 1 atom stereocenters. The minimum Gasteiger partial charge on any atom is -0.480 e. The Bertz CT molecular complexity index is 254. The molecule has 72 valence electrons. The molecule has 0 saturated heterocycles. The summed E-state index contributed by atoms with van der Waals surface area (Å²) in [6, 6.07) is -0.503. The van der Waals surface area contributed by atoms with Crippen LogP contribution >= 0.6 is 0 Å². The molecular weight excluding hydrogens is 166 g/mol. The zero-order valence-electron chi connectivity index (χ0n) is 8.03. The van der Waals surface area contributed by atoms with Gasteiger partial charge in [-0.05, 0) is 32.5 Å². The molecule has 1 aliphatic carbocycles. The van der Waals surface area contributed by atoms with E-state index in [9.17, 15) is 4.79 Å². The van der Waals surface area contributed by atoms with Crippen molar-refractivity contribution >= 4 is 5.97 Å². The number of carbonyl (C=O) groups is 1. The highest BCUT2D eigenvalue weighted by atomic mass is 16.4. The maximum atomic E-state index is 10.9. The molecule has 0 aromatic rings. The lowest BCUT2D eigenvalue weighted by Gasteiger charge is -2.22. The summed E-state index contributed by atoms with van der Waals surface area (Å²) in [7, 11) is 3.56. The summed E-state index contributed by atoms with van der Waals surface area (Å²) < 4.78 is 0. The molecule has 0 aliphatic heterocycles. The third kappa shape index (κ3) is 2.42. The van der Waals surface area contributed by atoms with Gasteiger partial charge in [0.2, 0.25) is 0 Å². The lowest BCUT2D eigenvalue weighted by Crippen LogP contribution is -2.37. The lowest BCUT2D eigenvalue weighted by atomic mass is 10.00. The van der Waals surface area contributed by atoms with Gasteiger partial charge in [0.05, 0.1) is 0 Å². The van der Waals surface area contributed by atoms with Crippen LogP contribution in [0.4, 0.5) is 0 Å². The molecule has 0 saturated carbocycles.